The molecule has 0 aliphatic heterocycles. The molecule has 1 aromatic rings. The molecule has 1 fully saturated rings. The lowest BCUT2D eigenvalue weighted by molar-refractivity contribution is 0.608. The number of nitrogens with zero attached hydrogens (tertiary/aromatic N) is 1. The van der Waals surface area contributed by atoms with Gasteiger partial charge in [-0.25, -0.2) is 0 Å². The van der Waals surface area contributed by atoms with Crippen molar-refractivity contribution in [3.05, 3.63) is 23.8 Å². The Morgan fingerprint density at radius 2 is 2.06 bits per heavy atom. The van der Waals surface area contributed by atoms with Gasteiger partial charge in [0, 0.05) is 12.6 Å². The van der Waals surface area contributed by atoms with Gasteiger partial charge in [-0.15, -0.1) is 0 Å². The van der Waals surface area contributed by atoms with Crippen LogP contribution in [0.3, 0.4) is 0 Å². The van der Waals surface area contributed by atoms with Crippen LogP contribution in [0.25, 0.3) is 0 Å². The van der Waals surface area contributed by atoms with Gasteiger partial charge in [0.1, 0.15) is 0 Å². The van der Waals surface area contributed by atoms with E-state index in [1.54, 1.807) is 0 Å². The van der Waals surface area contributed by atoms with E-state index in [1.165, 1.54) is 24.1 Å². The molecule has 2 nitrogen and oxygen atoms in total. The Morgan fingerprint density at radius 1 is 1.38 bits per heavy atom. The molecular formula is C14H22N2. The summed E-state index contributed by atoms with van der Waals surface area (Å²) in [5.74, 6) is 0.681. The van der Waals surface area contributed by atoms with Crippen LogP contribution >= 0.6 is 0 Å². The number of hydrogen-bond donors (Lipinski definition) is 1. The largest absolute Gasteiger partial charge is 0.397 e. The minimum atomic E-state index is 0.681. The number of rotatable bonds is 4. The third-order valence-electron chi connectivity index (χ3n) is 3.16. The van der Waals surface area contributed by atoms with Crippen LogP contribution in [0.1, 0.15) is 32.3 Å². The third kappa shape index (κ3) is 2.31. The van der Waals surface area contributed by atoms with Crippen molar-refractivity contribution in [1.29, 1.82) is 0 Å². The highest BCUT2D eigenvalue weighted by molar-refractivity contribution is 5.71. The number of benzene rings is 1. The first-order valence-electron chi connectivity index (χ1n) is 6.21. The van der Waals surface area contributed by atoms with E-state index in [2.05, 4.69) is 43.9 Å². The minimum absolute atomic E-state index is 0.681. The Balaban J connectivity index is 2.27. The van der Waals surface area contributed by atoms with Crippen molar-refractivity contribution in [3.63, 3.8) is 0 Å². The molecule has 0 spiro atoms. The molecule has 2 N–H and O–H groups in total. The smallest absolute Gasteiger partial charge is 0.0605 e. The minimum Gasteiger partial charge on any atom is -0.397 e. The molecule has 0 saturated heterocycles. The topological polar surface area (TPSA) is 29.3 Å². The van der Waals surface area contributed by atoms with Crippen LogP contribution in [0.15, 0.2) is 18.2 Å². The first kappa shape index (κ1) is 11.3. The SMILES string of the molecule is Cc1cccc(N(CC(C)C)C2CC2)c1N. The number of anilines is 2. The number of aryl methyl sites for hydroxylation is 1. The van der Waals surface area contributed by atoms with Gasteiger partial charge in [0.25, 0.3) is 0 Å². The maximum absolute atomic E-state index is 6.18. The van der Waals surface area contributed by atoms with Crippen molar-refractivity contribution in [2.24, 2.45) is 5.92 Å². The summed E-state index contributed by atoms with van der Waals surface area (Å²) in [7, 11) is 0. The molecule has 1 aromatic carbocycles. The molecule has 2 heteroatoms. The van der Waals surface area contributed by atoms with Crippen molar-refractivity contribution in [1.82, 2.24) is 0 Å². The van der Waals surface area contributed by atoms with E-state index in [4.69, 9.17) is 5.73 Å². The van der Waals surface area contributed by atoms with E-state index in [-0.39, 0.29) is 0 Å². The molecule has 1 aliphatic rings. The zero-order valence-corrected chi connectivity index (χ0v) is 10.5. The van der Waals surface area contributed by atoms with E-state index in [1.807, 2.05) is 0 Å². The van der Waals surface area contributed by atoms with Gasteiger partial charge < -0.3 is 10.6 Å². The van der Waals surface area contributed by atoms with Crippen molar-refractivity contribution < 1.29 is 0 Å². The maximum atomic E-state index is 6.18. The normalized spacial score (nSPS) is 15.5. The Bertz CT molecular complexity index is 367. The van der Waals surface area contributed by atoms with E-state index in [0.717, 1.165) is 18.3 Å². The van der Waals surface area contributed by atoms with Gasteiger partial charge in [-0.2, -0.15) is 0 Å². The summed E-state index contributed by atoms with van der Waals surface area (Å²) >= 11 is 0. The summed E-state index contributed by atoms with van der Waals surface area (Å²) in [6.07, 6.45) is 2.64. The average molecular weight is 218 g/mol. The average Bonchev–Trinajstić information content (AvgIpc) is 3.02. The third-order valence-corrected chi connectivity index (χ3v) is 3.16. The quantitative estimate of drug-likeness (QED) is 0.786. The van der Waals surface area contributed by atoms with E-state index < -0.39 is 0 Å². The molecule has 16 heavy (non-hydrogen) atoms. The molecule has 0 aromatic heterocycles. The van der Waals surface area contributed by atoms with Crippen LogP contribution in [0.2, 0.25) is 0 Å². The summed E-state index contributed by atoms with van der Waals surface area (Å²) in [5, 5.41) is 0. The first-order chi connectivity index (χ1) is 7.59. The summed E-state index contributed by atoms with van der Waals surface area (Å²) in [4.78, 5) is 2.49. The lowest BCUT2D eigenvalue weighted by atomic mass is 10.1. The molecule has 1 aliphatic carbocycles. The lowest BCUT2D eigenvalue weighted by Crippen LogP contribution is -2.30. The van der Waals surface area contributed by atoms with Crippen molar-refractivity contribution in [3.8, 4) is 0 Å². The second kappa shape index (κ2) is 4.36. The predicted molar refractivity (Wildman–Crippen MR) is 70.8 cm³/mol. The fraction of sp³-hybridized carbons (Fsp3) is 0.571. The Kier molecular flexibility index (Phi) is 3.08. The zero-order valence-electron chi connectivity index (χ0n) is 10.5. The monoisotopic (exact) mass is 218 g/mol. The van der Waals surface area contributed by atoms with E-state index in [0.29, 0.717) is 5.92 Å². The molecular weight excluding hydrogens is 196 g/mol. The number of nitrogens with two attached hydrogens (primary N) is 1. The number of nitrogen functional groups attached to an aromatic ring is 1. The molecule has 2 rings (SSSR count). The number of para-hydroxylation sites is 1. The predicted octanol–water partition coefficient (Wildman–Crippen LogP) is 3.20. The standard InChI is InChI=1S/C14H22N2/c1-10(2)9-16(12-7-8-12)13-6-4-5-11(3)14(13)15/h4-6,10,12H,7-9,15H2,1-3H3. The van der Waals surface area contributed by atoms with Crippen molar-refractivity contribution in [2.45, 2.75) is 39.7 Å². The Labute approximate surface area is 98.4 Å². The van der Waals surface area contributed by atoms with Crippen LogP contribution in [0.5, 0.6) is 0 Å². The second-order valence-electron chi connectivity index (χ2n) is 5.29. The highest BCUT2D eigenvalue weighted by atomic mass is 15.2. The Hall–Kier alpha value is -1.18. The molecule has 1 saturated carbocycles. The van der Waals surface area contributed by atoms with Crippen LogP contribution in [-0.2, 0) is 0 Å². The van der Waals surface area contributed by atoms with Gasteiger partial charge in [0.15, 0.2) is 0 Å². The molecule has 0 amide bonds. The molecule has 0 radical (unpaired) electrons. The first-order valence-corrected chi connectivity index (χ1v) is 6.21. The van der Waals surface area contributed by atoms with Gasteiger partial charge >= 0.3 is 0 Å². The fourth-order valence-corrected chi connectivity index (χ4v) is 2.14. The summed E-state index contributed by atoms with van der Waals surface area (Å²) in [6.45, 7) is 7.72. The summed E-state index contributed by atoms with van der Waals surface area (Å²) in [5.41, 5.74) is 9.56. The van der Waals surface area contributed by atoms with Crippen LogP contribution < -0.4 is 10.6 Å². The summed E-state index contributed by atoms with van der Waals surface area (Å²) < 4.78 is 0. The zero-order chi connectivity index (χ0) is 11.7. The van der Waals surface area contributed by atoms with Crippen LogP contribution in [-0.4, -0.2) is 12.6 Å². The molecule has 0 heterocycles. The van der Waals surface area contributed by atoms with Crippen molar-refractivity contribution >= 4 is 11.4 Å². The summed E-state index contributed by atoms with van der Waals surface area (Å²) in [6, 6.07) is 7.07. The van der Waals surface area contributed by atoms with Gasteiger partial charge in [-0.05, 0) is 37.3 Å². The fourth-order valence-electron chi connectivity index (χ4n) is 2.14. The van der Waals surface area contributed by atoms with Gasteiger partial charge in [-0.3, -0.25) is 0 Å². The highest BCUT2D eigenvalue weighted by Gasteiger charge is 2.30. The van der Waals surface area contributed by atoms with E-state index in [9.17, 15) is 0 Å². The van der Waals surface area contributed by atoms with Crippen molar-refractivity contribution in [2.75, 3.05) is 17.2 Å². The molecule has 0 unspecified atom stereocenters. The van der Waals surface area contributed by atoms with E-state index >= 15 is 0 Å². The molecule has 0 atom stereocenters. The van der Waals surface area contributed by atoms with Gasteiger partial charge in [0.2, 0.25) is 0 Å². The highest BCUT2D eigenvalue weighted by Crippen LogP contribution is 2.36. The van der Waals surface area contributed by atoms with Gasteiger partial charge in [0.05, 0.1) is 11.4 Å². The Morgan fingerprint density at radius 3 is 2.62 bits per heavy atom. The molecule has 88 valence electrons. The lowest BCUT2D eigenvalue weighted by Gasteiger charge is -2.28. The van der Waals surface area contributed by atoms with Crippen LogP contribution in [0, 0.1) is 12.8 Å². The van der Waals surface area contributed by atoms with Crippen LogP contribution in [0.4, 0.5) is 11.4 Å². The van der Waals surface area contributed by atoms with Gasteiger partial charge in [-0.1, -0.05) is 26.0 Å². The maximum Gasteiger partial charge on any atom is 0.0605 e. The molecule has 0 bridgehead atoms. The number of hydrogen-bond acceptors (Lipinski definition) is 2. The second-order valence-corrected chi connectivity index (χ2v) is 5.29.